The number of benzene rings is 2. The van der Waals surface area contributed by atoms with Crippen molar-refractivity contribution in [2.45, 2.75) is 25.9 Å². The van der Waals surface area contributed by atoms with Gasteiger partial charge in [-0.2, -0.15) is 0 Å². The number of anilines is 1. The number of aryl methyl sites for hydroxylation is 1. The first-order valence-electron chi connectivity index (χ1n) is 9.01. The Kier molecular flexibility index (Phi) is 4.63. The number of hydrogen-bond acceptors (Lipinski definition) is 5. The highest BCUT2D eigenvalue weighted by Gasteiger charge is 2.46. The summed E-state index contributed by atoms with van der Waals surface area (Å²) >= 11 is 5.71. The molecule has 2 aliphatic heterocycles. The quantitative estimate of drug-likeness (QED) is 0.738. The third kappa shape index (κ3) is 2.77. The van der Waals surface area contributed by atoms with Crippen molar-refractivity contribution in [2.75, 3.05) is 26.2 Å². The summed E-state index contributed by atoms with van der Waals surface area (Å²) in [5.74, 6) is 1.93. The van der Waals surface area contributed by atoms with Crippen LogP contribution in [0, 0.1) is 6.92 Å². The fourth-order valence-electron chi connectivity index (χ4n) is 3.90. The van der Waals surface area contributed by atoms with Gasteiger partial charge in [-0.05, 0) is 60.1 Å². The van der Waals surface area contributed by atoms with Crippen molar-refractivity contribution >= 4 is 28.9 Å². The third-order valence-corrected chi connectivity index (χ3v) is 5.77. The van der Waals surface area contributed by atoms with Gasteiger partial charge >= 0.3 is 0 Å². The van der Waals surface area contributed by atoms with Gasteiger partial charge in [0.1, 0.15) is 11.8 Å². The molecule has 0 saturated carbocycles. The normalized spacial score (nSPS) is 18.1. The van der Waals surface area contributed by atoms with E-state index < -0.39 is 0 Å². The zero-order chi connectivity index (χ0) is 20.0. The Morgan fingerprint density at radius 1 is 0.964 bits per heavy atom. The lowest BCUT2D eigenvalue weighted by atomic mass is 9.94. The van der Waals surface area contributed by atoms with Crippen LogP contribution in [0.3, 0.4) is 0 Å². The second kappa shape index (κ2) is 6.98. The van der Waals surface area contributed by atoms with E-state index in [1.165, 1.54) is 0 Å². The molecule has 1 unspecified atom stereocenters. The van der Waals surface area contributed by atoms with Gasteiger partial charge < -0.3 is 19.1 Å². The van der Waals surface area contributed by atoms with Crippen LogP contribution in [-0.2, 0) is 17.8 Å². The smallest absolute Gasteiger partial charge is 0.256 e. The van der Waals surface area contributed by atoms with Crippen molar-refractivity contribution in [2.24, 2.45) is 0 Å². The molecule has 0 aliphatic carbocycles. The minimum Gasteiger partial charge on any atom is -0.495 e. The van der Waals surface area contributed by atoms with Crippen molar-refractivity contribution in [1.29, 1.82) is 0 Å². The lowest BCUT2D eigenvalue weighted by molar-refractivity contribution is -0.120. The molecule has 0 bridgehead atoms. The van der Waals surface area contributed by atoms with Crippen LogP contribution in [0.15, 0.2) is 30.3 Å². The largest absolute Gasteiger partial charge is 0.495 e. The highest BCUT2D eigenvalue weighted by molar-refractivity contribution is 7.80. The van der Waals surface area contributed by atoms with Crippen molar-refractivity contribution in [3.8, 4) is 17.2 Å². The average Bonchev–Trinajstić information content (AvgIpc) is 2.94. The summed E-state index contributed by atoms with van der Waals surface area (Å²) in [5, 5.41) is 0.499. The highest BCUT2D eigenvalue weighted by Crippen LogP contribution is 2.40. The van der Waals surface area contributed by atoms with Gasteiger partial charge in [-0.1, -0.05) is 6.07 Å². The SMILES string of the molecule is COc1cc2c(cc1OC)CN1C(=S)N(c3cc(C)ccc3OC)C(=O)C1C2. The molecule has 6 nitrogen and oxygen atoms in total. The van der Waals surface area contributed by atoms with Crippen LogP contribution in [0.1, 0.15) is 16.7 Å². The lowest BCUT2D eigenvalue weighted by Gasteiger charge is -2.31. The van der Waals surface area contributed by atoms with Crippen LogP contribution in [0.4, 0.5) is 5.69 Å². The maximum absolute atomic E-state index is 13.3. The first-order valence-corrected chi connectivity index (χ1v) is 9.42. The Morgan fingerprint density at radius 2 is 1.61 bits per heavy atom. The predicted octanol–water partition coefficient (Wildman–Crippen LogP) is 3.08. The summed E-state index contributed by atoms with van der Waals surface area (Å²) in [5.41, 5.74) is 3.88. The standard InChI is InChI=1S/C21H22N2O4S/c1-12-5-6-17(25-2)15(7-12)23-20(24)16-8-13-9-18(26-3)19(27-4)10-14(13)11-22(16)21(23)28/h5-7,9-10,16H,8,11H2,1-4H3. The number of hydrogen-bond donors (Lipinski definition) is 0. The molecule has 2 aromatic carbocycles. The Morgan fingerprint density at radius 3 is 2.25 bits per heavy atom. The van der Waals surface area contributed by atoms with Gasteiger partial charge in [-0.25, -0.2) is 0 Å². The summed E-state index contributed by atoms with van der Waals surface area (Å²) in [6.45, 7) is 2.53. The predicted molar refractivity (Wildman–Crippen MR) is 110 cm³/mol. The molecule has 2 aliphatic rings. The maximum atomic E-state index is 13.3. The molecule has 1 saturated heterocycles. The molecule has 146 valence electrons. The molecule has 4 rings (SSSR count). The number of carbonyl (C=O) groups excluding carboxylic acids is 1. The molecule has 0 radical (unpaired) electrons. The summed E-state index contributed by atoms with van der Waals surface area (Å²) in [4.78, 5) is 16.9. The van der Waals surface area contributed by atoms with E-state index in [0.29, 0.717) is 41.0 Å². The molecule has 1 fully saturated rings. The molecule has 0 spiro atoms. The highest BCUT2D eigenvalue weighted by atomic mass is 32.1. The number of ether oxygens (including phenoxy) is 3. The number of fused-ring (bicyclic) bond motifs is 2. The monoisotopic (exact) mass is 398 g/mol. The van der Waals surface area contributed by atoms with E-state index in [4.69, 9.17) is 26.4 Å². The Labute approximate surface area is 169 Å². The topological polar surface area (TPSA) is 51.2 Å². The van der Waals surface area contributed by atoms with Gasteiger partial charge in [0.15, 0.2) is 16.6 Å². The maximum Gasteiger partial charge on any atom is 0.256 e. The summed E-state index contributed by atoms with van der Waals surface area (Å²) in [6, 6.07) is 9.34. The minimum atomic E-state index is -0.330. The zero-order valence-corrected chi connectivity index (χ0v) is 17.1. The molecule has 0 N–H and O–H groups in total. The average molecular weight is 398 g/mol. The molecular weight excluding hydrogens is 376 g/mol. The van der Waals surface area contributed by atoms with Gasteiger partial charge in [0.05, 0.1) is 27.0 Å². The van der Waals surface area contributed by atoms with Crippen LogP contribution in [0.2, 0.25) is 0 Å². The van der Waals surface area contributed by atoms with E-state index in [0.717, 1.165) is 16.7 Å². The third-order valence-electron chi connectivity index (χ3n) is 5.35. The molecular formula is C21H22N2O4S. The molecule has 1 amide bonds. The number of amides is 1. The van der Waals surface area contributed by atoms with Crippen molar-refractivity contribution < 1.29 is 19.0 Å². The number of nitrogens with zero attached hydrogens (tertiary/aromatic N) is 2. The lowest BCUT2D eigenvalue weighted by Crippen LogP contribution is -2.40. The Balaban J connectivity index is 1.73. The van der Waals surface area contributed by atoms with Crippen LogP contribution in [-0.4, -0.2) is 43.3 Å². The van der Waals surface area contributed by atoms with E-state index in [9.17, 15) is 4.79 Å². The van der Waals surface area contributed by atoms with Gasteiger partial charge in [0.2, 0.25) is 0 Å². The van der Waals surface area contributed by atoms with Crippen molar-refractivity contribution in [1.82, 2.24) is 4.90 Å². The van der Waals surface area contributed by atoms with E-state index >= 15 is 0 Å². The molecule has 28 heavy (non-hydrogen) atoms. The minimum absolute atomic E-state index is 0.0330. The summed E-state index contributed by atoms with van der Waals surface area (Å²) < 4.78 is 16.3. The number of methoxy groups -OCH3 is 3. The van der Waals surface area contributed by atoms with E-state index in [1.54, 1.807) is 26.2 Å². The molecule has 1 atom stereocenters. The number of carbonyl (C=O) groups is 1. The van der Waals surface area contributed by atoms with E-state index in [2.05, 4.69) is 0 Å². The summed E-state index contributed by atoms with van der Waals surface area (Å²) in [6.07, 6.45) is 0.569. The Bertz CT molecular complexity index is 924. The fraction of sp³-hybridized carbons (Fsp3) is 0.333. The van der Waals surface area contributed by atoms with Crippen LogP contribution < -0.4 is 19.1 Å². The van der Waals surface area contributed by atoms with Gasteiger partial charge in [-0.3, -0.25) is 9.69 Å². The number of thiocarbonyl (C=S) groups is 1. The van der Waals surface area contributed by atoms with Gasteiger partial charge in [0.25, 0.3) is 5.91 Å². The molecule has 7 heteroatoms. The molecule has 2 heterocycles. The molecule has 0 aromatic heterocycles. The second-order valence-electron chi connectivity index (χ2n) is 6.96. The number of rotatable bonds is 4. The summed E-state index contributed by atoms with van der Waals surface area (Å²) in [7, 11) is 4.83. The van der Waals surface area contributed by atoms with Crippen LogP contribution in [0.5, 0.6) is 17.2 Å². The van der Waals surface area contributed by atoms with Gasteiger partial charge in [-0.15, -0.1) is 0 Å². The van der Waals surface area contributed by atoms with E-state index in [1.807, 2.05) is 42.2 Å². The second-order valence-corrected chi connectivity index (χ2v) is 7.32. The van der Waals surface area contributed by atoms with Crippen LogP contribution >= 0.6 is 12.2 Å². The van der Waals surface area contributed by atoms with Gasteiger partial charge in [0, 0.05) is 13.0 Å². The van der Waals surface area contributed by atoms with Crippen LogP contribution in [0.25, 0.3) is 0 Å². The fourth-order valence-corrected chi connectivity index (χ4v) is 4.28. The first kappa shape index (κ1) is 18.6. The van der Waals surface area contributed by atoms with Crippen molar-refractivity contribution in [3.05, 3.63) is 47.0 Å². The zero-order valence-electron chi connectivity index (χ0n) is 16.3. The Hall–Kier alpha value is -2.80. The first-order chi connectivity index (χ1) is 13.5. The van der Waals surface area contributed by atoms with E-state index in [-0.39, 0.29) is 11.9 Å². The van der Waals surface area contributed by atoms with Crippen molar-refractivity contribution in [3.63, 3.8) is 0 Å². The molecule has 2 aromatic rings.